The Hall–Kier alpha value is -1.58. The Morgan fingerprint density at radius 1 is 1.27 bits per heavy atom. The van der Waals surface area contributed by atoms with E-state index < -0.39 is 11.6 Å². The van der Waals surface area contributed by atoms with Gasteiger partial charge in [-0.1, -0.05) is 13.8 Å². The van der Waals surface area contributed by atoms with Crippen LogP contribution in [0.25, 0.3) is 0 Å². The predicted octanol–water partition coefficient (Wildman–Crippen LogP) is 3.95. The number of phenols is 1. The summed E-state index contributed by atoms with van der Waals surface area (Å²) in [5.74, 6) is 0.943. The topological polar surface area (TPSA) is 40.5 Å². The molecule has 0 saturated heterocycles. The van der Waals surface area contributed by atoms with Gasteiger partial charge in [-0.3, -0.25) is 4.79 Å². The van der Waals surface area contributed by atoms with Crippen molar-refractivity contribution in [2.45, 2.75) is 46.1 Å². The molecule has 22 heavy (non-hydrogen) atoms. The minimum Gasteiger partial charge on any atom is -0.505 e. The van der Waals surface area contributed by atoms with E-state index in [1.165, 1.54) is 37.8 Å². The van der Waals surface area contributed by atoms with Gasteiger partial charge in [0.1, 0.15) is 0 Å². The Balaban J connectivity index is 1.63. The van der Waals surface area contributed by atoms with Crippen molar-refractivity contribution < 1.29 is 14.3 Å². The van der Waals surface area contributed by atoms with Crippen LogP contribution in [-0.4, -0.2) is 22.5 Å². The molecule has 1 N–H and O–H groups in total. The van der Waals surface area contributed by atoms with E-state index in [0.29, 0.717) is 23.6 Å². The van der Waals surface area contributed by atoms with Gasteiger partial charge in [-0.15, -0.1) is 0 Å². The van der Waals surface area contributed by atoms with Crippen LogP contribution in [0.15, 0.2) is 12.1 Å². The van der Waals surface area contributed by atoms with Crippen LogP contribution >= 0.6 is 0 Å². The third kappa shape index (κ3) is 2.83. The molecule has 1 amide bonds. The first-order valence-corrected chi connectivity index (χ1v) is 8.26. The lowest BCUT2D eigenvalue weighted by Gasteiger charge is -2.33. The number of phenolic OH excluding ortho intramolecular Hbond substituents is 1. The van der Waals surface area contributed by atoms with E-state index in [2.05, 4.69) is 13.8 Å². The van der Waals surface area contributed by atoms with Gasteiger partial charge in [-0.25, -0.2) is 4.39 Å². The molecule has 1 aliphatic carbocycles. The summed E-state index contributed by atoms with van der Waals surface area (Å²) in [6.07, 6.45) is 4.82. The molecule has 1 aliphatic heterocycles. The Morgan fingerprint density at radius 3 is 2.59 bits per heavy atom. The average Bonchev–Trinajstić information content (AvgIpc) is 2.77. The Bertz CT molecular complexity index is 577. The maximum Gasteiger partial charge on any atom is 0.254 e. The van der Waals surface area contributed by atoms with Crippen molar-refractivity contribution in [1.82, 2.24) is 4.90 Å². The Morgan fingerprint density at radius 2 is 1.95 bits per heavy atom. The number of benzene rings is 1. The van der Waals surface area contributed by atoms with E-state index in [9.17, 15) is 14.3 Å². The van der Waals surface area contributed by atoms with E-state index in [-0.39, 0.29) is 5.91 Å². The molecule has 1 aromatic rings. The number of hydrogen-bond donors (Lipinski definition) is 1. The van der Waals surface area contributed by atoms with Crippen molar-refractivity contribution in [2.75, 3.05) is 6.54 Å². The van der Waals surface area contributed by atoms with Crippen molar-refractivity contribution in [3.63, 3.8) is 0 Å². The van der Waals surface area contributed by atoms with Gasteiger partial charge in [0, 0.05) is 18.7 Å². The molecule has 0 radical (unpaired) electrons. The lowest BCUT2D eigenvalue weighted by Crippen LogP contribution is -2.32. The zero-order valence-electron chi connectivity index (χ0n) is 13.3. The minimum absolute atomic E-state index is 0.0729. The molecule has 0 spiro atoms. The molecule has 4 heteroatoms. The number of fused-ring (bicyclic) bond motifs is 1. The quantitative estimate of drug-likeness (QED) is 0.918. The largest absolute Gasteiger partial charge is 0.505 e. The summed E-state index contributed by atoms with van der Waals surface area (Å²) in [4.78, 5) is 14.2. The van der Waals surface area contributed by atoms with E-state index in [4.69, 9.17) is 0 Å². The van der Waals surface area contributed by atoms with Crippen LogP contribution in [0.3, 0.4) is 0 Å². The zero-order chi connectivity index (χ0) is 15.9. The number of rotatable bonds is 3. The summed E-state index contributed by atoms with van der Waals surface area (Å²) < 4.78 is 13.4. The fourth-order valence-electron chi connectivity index (χ4n) is 3.88. The maximum atomic E-state index is 13.4. The first-order valence-electron chi connectivity index (χ1n) is 8.26. The molecule has 120 valence electrons. The molecule has 0 atom stereocenters. The van der Waals surface area contributed by atoms with Gasteiger partial charge >= 0.3 is 0 Å². The lowest BCUT2D eigenvalue weighted by molar-refractivity contribution is 0.0723. The van der Waals surface area contributed by atoms with Crippen molar-refractivity contribution in [3.8, 4) is 5.75 Å². The summed E-state index contributed by atoms with van der Waals surface area (Å²) >= 11 is 0. The number of halogens is 1. The smallest absolute Gasteiger partial charge is 0.254 e. The third-order valence-corrected chi connectivity index (χ3v) is 5.36. The maximum absolute atomic E-state index is 13.4. The Labute approximate surface area is 131 Å². The summed E-state index contributed by atoms with van der Waals surface area (Å²) in [5.41, 5.74) is 1.14. The number of nitrogens with zero attached hydrogens (tertiary/aromatic N) is 1. The van der Waals surface area contributed by atoms with E-state index in [1.807, 2.05) is 4.90 Å². The van der Waals surface area contributed by atoms with E-state index >= 15 is 0 Å². The van der Waals surface area contributed by atoms with Gasteiger partial charge in [0.2, 0.25) is 0 Å². The average molecular weight is 305 g/mol. The molecule has 1 aromatic carbocycles. The van der Waals surface area contributed by atoms with Crippen LogP contribution in [0, 0.1) is 23.6 Å². The number of carbonyl (C=O) groups excluding carboxylic acids is 1. The molecule has 2 aliphatic rings. The summed E-state index contributed by atoms with van der Waals surface area (Å²) in [6, 6.07) is 2.56. The van der Waals surface area contributed by atoms with Gasteiger partial charge in [-0.2, -0.15) is 0 Å². The molecule has 1 saturated carbocycles. The molecule has 3 rings (SSSR count). The van der Waals surface area contributed by atoms with Crippen LogP contribution in [0.5, 0.6) is 5.75 Å². The van der Waals surface area contributed by atoms with Gasteiger partial charge in [0.25, 0.3) is 5.91 Å². The number of aromatic hydroxyl groups is 1. The molecule has 0 unspecified atom stereocenters. The Kier molecular flexibility index (Phi) is 4.11. The van der Waals surface area contributed by atoms with Crippen molar-refractivity contribution in [2.24, 2.45) is 17.8 Å². The van der Waals surface area contributed by atoms with Gasteiger partial charge in [0.15, 0.2) is 11.6 Å². The highest BCUT2D eigenvalue weighted by molar-refractivity contribution is 5.98. The molecular formula is C18H24FNO2. The fourth-order valence-corrected chi connectivity index (χ4v) is 3.88. The normalized spacial score (nSPS) is 24.9. The van der Waals surface area contributed by atoms with Crippen molar-refractivity contribution in [3.05, 3.63) is 29.1 Å². The summed E-state index contributed by atoms with van der Waals surface area (Å²) in [7, 11) is 0. The SMILES string of the molecule is CC(C)C1CCC(CN2Cc3cc(F)c(O)cc3C2=O)CC1. The van der Waals surface area contributed by atoms with E-state index in [1.54, 1.807) is 0 Å². The van der Waals surface area contributed by atoms with Crippen LogP contribution in [0.2, 0.25) is 0 Å². The number of carbonyl (C=O) groups is 1. The van der Waals surface area contributed by atoms with Crippen LogP contribution < -0.4 is 0 Å². The van der Waals surface area contributed by atoms with Crippen LogP contribution in [0.1, 0.15) is 55.5 Å². The lowest BCUT2D eigenvalue weighted by atomic mass is 9.77. The fraction of sp³-hybridized carbons (Fsp3) is 0.611. The van der Waals surface area contributed by atoms with Crippen LogP contribution in [0.4, 0.5) is 4.39 Å². The minimum atomic E-state index is -0.647. The highest BCUT2D eigenvalue weighted by Crippen LogP contribution is 2.35. The van der Waals surface area contributed by atoms with Crippen molar-refractivity contribution >= 4 is 5.91 Å². The molecule has 1 fully saturated rings. The van der Waals surface area contributed by atoms with Crippen LogP contribution in [-0.2, 0) is 6.54 Å². The van der Waals surface area contributed by atoms with Gasteiger partial charge in [0.05, 0.1) is 0 Å². The standard InChI is InChI=1S/C18H24FNO2/c1-11(2)13-5-3-12(4-6-13)9-20-10-14-7-16(19)17(21)8-15(14)18(20)22/h7-8,11-13,21H,3-6,9-10H2,1-2H3. The highest BCUT2D eigenvalue weighted by atomic mass is 19.1. The summed E-state index contributed by atoms with van der Waals surface area (Å²) in [6.45, 7) is 5.79. The monoisotopic (exact) mass is 305 g/mol. The van der Waals surface area contributed by atoms with Gasteiger partial charge < -0.3 is 10.0 Å². The van der Waals surface area contributed by atoms with Gasteiger partial charge in [-0.05, 0) is 61.1 Å². The second-order valence-corrected chi connectivity index (χ2v) is 7.17. The molecule has 0 bridgehead atoms. The highest BCUT2D eigenvalue weighted by Gasteiger charge is 2.32. The predicted molar refractivity (Wildman–Crippen MR) is 83.1 cm³/mol. The summed E-state index contributed by atoms with van der Waals surface area (Å²) in [5, 5.41) is 9.44. The number of amides is 1. The molecule has 1 heterocycles. The molecule has 0 aromatic heterocycles. The number of hydrogen-bond acceptors (Lipinski definition) is 2. The first kappa shape index (κ1) is 15.3. The second kappa shape index (κ2) is 5.90. The molecular weight excluding hydrogens is 281 g/mol. The second-order valence-electron chi connectivity index (χ2n) is 7.17. The molecule has 3 nitrogen and oxygen atoms in total. The third-order valence-electron chi connectivity index (χ3n) is 5.36. The van der Waals surface area contributed by atoms with Crippen molar-refractivity contribution in [1.29, 1.82) is 0 Å². The van der Waals surface area contributed by atoms with E-state index in [0.717, 1.165) is 18.4 Å². The first-order chi connectivity index (χ1) is 10.5. The zero-order valence-corrected chi connectivity index (χ0v) is 13.3.